The van der Waals surface area contributed by atoms with Crippen LogP contribution < -0.4 is 0 Å². The van der Waals surface area contributed by atoms with Gasteiger partial charge in [0, 0.05) is 6.54 Å². The van der Waals surface area contributed by atoms with Crippen molar-refractivity contribution >= 4 is 12.2 Å². The topological polar surface area (TPSA) is 66.8 Å². The first kappa shape index (κ1) is 18.7. The fourth-order valence-corrected chi connectivity index (χ4v) is 1.90. The molecule has 0 aromatic heterocycles. The van der Waals surface area contributed by atoms with E-state index in [1.54, 1.807) is 0 Å². The third kappa shape index (κ3) is 9.64. The largest absolute Gasteiger partial charge is 0.465 e. The highest BCUT2D eigenvalue weighted by Crippen LogP contribution is 2.06. The van der Waals surface area contributed by atoms with E-state index < -0.39 is 12.2 Å². The summed E-state index contributed by atoms with van der Waals surface area (Å²) in [5, 5.41) is 8.97. The number of rotatable bonds is 11. The van der Waals surface area contributed by atoms with Crippen LogP contribution in [0.25, 0.3) is 0 Å². The maximum atomic E-state index is 11.6. The molecule has 0 atom stereocenters. The molecule has 0 aromatic rings. The van der Waals surface area contributed by atoms with Crippen molar-refractivity contribution in [3.8, 4) is 0 Å². The van der Waals surface area contributed by atoms with Crippen LogP contribution >= 0.6 is 0 Å². The standard InChI is InChI=1S/C15H29NO4/c1-3-5-7-8-9-11-13-20-15(19)16(14(17)18)12-10-6-4-2/h3-13H2,1-2H3,(H,17,18). The van der Waals surface area contributed by atoms with Crippen LogP contribution in [0.3, 0.4) is 0 Å². The minimum atomic E-state index is -1.23. The van der Waals surface area contributed by atoms with E-state index in [0.29, 0.717) is 13.0 Å². The maximum Gasteiger partial charge on any atom is 0.419 e. The second-order valence-electron chi connectivity index (χ2n) is 5.02. The smallest absolute Gasteiger partial charge is 0.419 e. The Morgan fingerprint density at radius 1 is 0.900 bits per heavy atom. The first-order valence-corrected chi connectivity index (χ1v) is 7.80. The van der Waals surface area contributed by atoms with Gasteiger partial charge in [-0.25, -0.2) is 14.5 Å². The molecule has 5 nitrogen and oxygen atoms in total. The number of amides is 2. The molecule has 0 unspecified atom stereocenters. The van der Waals surface area contributed by atoms with Gasteiger partial charge in [0.05, 0.1) is 6.61 Å². The fraction of sp³-hybridized carbons (Fsp3) is 0.867. The molecule has 0 spiro atoms. The summed E-state index contributed by atoms with van der Waals surface area (Å²) in [7, 11) is 0. The SMILES string of the molecule is CCCCCCCCOC(=O)N(CCCCC)C(=O)O. The van der Waals surface area contributed by atoms with Crippen molar-refractivity contribution in [2.45, 2.75) is 71.6 Å². The van der Waals surface area contributed by atoms with Crippen LogP contribution in [0, 0.1) is 0 Å². The van der Waals surface area contributed by atoms with Gasteiger partial charge < -0.3 is 9.84 Å². The van der Waals surface area contributed by atoms with Crippen LogP contribution in [0.5, 0.6) is 0 Å². The van der Waals surface area contributed by atoms with Crippen molar-refractivity contribution in [3.05, 3.63) is 0 Å². The van der Waals surface area contributed by atoms with E-state index in [-0.39, 0.29) is 6.54 Å². The van der Waals surface area contributed by atoms with Gasteiger partial charge in [-0.05, 0) is 12.8 Å². The molecular formula is C15H29NO4. The summed E-state index contributed by atoms with van der Waals surface area (Å²) >= 11 is 0. The number of carbonyl (C=O) groups excluding carboxylic acids is 1. The second kappa shape index (κ2) is 12.8. The highest BCUT2D eigenvalue weighted by Gasteiger charge is 2.21. The number of hydrogen-bond acceptors (Lipinski definition) is 3. The molecule has 20 heavy (non-hydrogen) atoms. The van der Waals surface area contributed by atoms with E-state index in [4.69, 9.17) is 9.84 Å². The lowest BCUT2D eigenvalue weighted by Crippen LogP contribution is -2.37. The molecule has 0 bridgehead atoms. The molecule has 0 aliphatic rings. The Balaban J connectivity index is 3.76. The molecule has 1 N–H and O–H groups in total. The van der Waals surface area contributed by atoms with Crippen molar-refractivity contribution < 1.29 is 19.4 Å². The normalized spacial score (nSPS) is 10.3. The van der Waals surface area contributed by atoms with Crippen LogP contribution in [-0.4, -0.2) is 35.3 Å². The van der Waals surface area contributed by atoms with E-state index in [2.05, 4.69) is 6.92 Å². The van der Waals surface area contributed by atoms with Crippen molar-refractivity contribution in [2.24, 2.45) is 0 Å². The van der Waals surface area contributed by atoms with Crippen molar-refractivity contribution in [1.29, 1.82) is 0 Å². The van der Waals surface area contributed by atoms with Crippen molar-refractivity contribution in [3.63, 3.8) is 0 Å². The zero-order chi connectivity index (χ0) is 15.2. The lowest BCUT2D eigenvalue weighted by atomic mass is 10.1. The van der Waals surface area contributed by atoms with Crippen LogP contribution in [0.4, 0.5) is 9.59 Å². The summed E-state index contributed by atoms with van der Waals surface area (Å²) in [4.78, 5) is 23.4. The number of nitrogens with zero attached hydrogens (tertiary/aromatic N) is 1. The molecule has 0 radical (unpaired) electrons. The Bertz CT molecular complexity index is 269. The van der Waals surface area contributed by atoms with Crippen LogP contribution in [0.2, 0.25) is 0 Å². The lowest BCUT2D eigenvalue weighted by Gasteiger charge is -2.16. The van der Waals surface area contributed by atoms with Gasteiger partial charge in [-0.2, -0.15) is 0 Å². The zero-order valence-electron chi connectivity index (χ0n) is 12.9. The summed E-state index contributed by atoms with van der Waals surface area (Å²) in [6.45, 7) is 4.73. The average molecular weight is 287 g/mol. The first-order valence-electron chi connectivity index (χ1n) is 7.80. The van der Waals surface area contributed by atoms with Gasteiger partial charge in [-0.15, -0.1) is 0 Å². The Kier molecular flexibility index (Phi) is 12.0. The summed E-state index contributed by atoms with van der Waals surface area (Å²) < 4.78 is 5.01. The highest BCUT2D eigenvalue weighted by molar-refractivity contribution is 5.86. The van der Waals surface area contributed by atoms with Gasteiger partial charge in [0.25, 0.3) is 0 Å². The number of carbonyl (C=O) groups is 2. The van der Waals surface area contributed by atoms with E-state index >= 15 is 0 Å². The lowest BCUT2D eigenvalue weighted by molar-refractivity contribution is 0.0925. The molecule has 0 saturated heterocycles. The average Bonchev–Trinajstić information content (AvgIpc) is 2.42. The molecule has 2 amide bonds. The molecule has 0 aromatic carbocycles. The summed E-state index contributed by atoms with van der Waals surface area (Å²) in [6.07, 6.45) is 7.26. The number of imide groups is 1. The molecule has 0 rings (SSSR count). The Hall–Kier alpha value is -1.26. The Morgan fingerprint density at radius 3 is 2.05 bits per heavy atom. The summed E-state index contributed by atoms with van der Waals surface area (Å²) in [6, 6.07) is 0. The summed E-state index contributed by atoms with van der Waals surface area (Å²) in [5.74, 6) is 0. The quantitative estimate of drug-likeness (QED) is 0.561. The highest BCUT2D eigenvalue weighted by atomic mass is 16.6. The number of carboxylic acid groups (broad SMARTS) is 1. The predicted molar refractivity (Wildman–Crippen MR) is 79.0 cm³/mol. The molecule has 5 heteroatoms. The van der Waals surface area contributed by atoms with E-state index in [0.717, 1.165) is 37.0 Å². The van der Waals surface area contributed by atoms with Crippen molar-refractivity contribution in [1.82, 2.24) is 4.90 Å². The predicted octanol–water partition coefficient (Wildman–Crippen LogP) is 4.65. The van der Waals surface area contributed by atoms with E-state index in [9.17, 15) is 9.59 Å². The van der Waals surface area contributed by atoms with Gasteiger partial charge in [0.15, 0.2) is 0 Å². The zero-order valence-corrected chi connectivity index (χ0v) is 12.9. The maximum absolute atomic E-state index is 11.6. The fourth-order valence-electron chi connectivity index (χ4n) is 1.90. The molecular weight excluding hydrogens is 258 g/mol. The van der Waals surface area contributed by atoms with Gasteiger partial charge in [-0.1, -0.05) is 58.8 Å². The van der Waals surface area contributed by atoms with Gasteiger partial charge in [-0.3, -0.25) is 0 Å². The monoisotopic (exact) mass is 287 g/mol. The Morgan fingerprint density at radius 2 is 1.45 bits per heavy atom. The first-order chi connectivity index (χ1) is 9.63. The molecule has 118 valence electrons. The van der Waals surface area contributed by atoms with Gasteiger partial charge in [0.1, 0.15) is 0 Å². The minimum Gasteiger partial charge on any atom is -0.465 e. The minimum absolute atomic E-state index is 0.221. The molecule has 0 fully saturated rings. The van der Waals surface area contributed by atoms with E-state index in [1.807, 2.05) is 6.92 Å². The second-order valence-corrected chi connectivity index (χ2v) is 5.02. The Labute approximate surface area is 122 Å². The molecule has 0 aliphatic carbocycles. The number of ether oxygens (including phenoxy) is 1. The summed E-state index contributed by atoms with van der Waals surface area (Å²) in [5.41, 5.74) is 0. The van der Waals surface area contributed by atoms with Crippen LogP contribution in [-0.2, 0) is 4.74 Å². The molecule has 0 heterocycles. The third-order valence-corrected chi connectivity index (χ3v) is 3.16. The van der Waals surface area contributed by atoms with Crippen LogP contribution in [0.1, 0.15) is 71.6 Å². The van der Waals surface area contributed by atoms with Gasteiger partial charge in [0.2, 0.25) is 0 Å². The van der Waals surface area contributed by atoms with E-state index in [1.165, 1.54) is 19.3 Å². The molecule has 0 aliphatic heterocycles. The molecule has 0 saturated carbocycles. The number of unbranched alkanes of at least 4 members (excludes halogenated alkanes) is 7. The number of hydrogen-bond donors (Lipinski definition) is 1. The van der Waals surface area contributed by atoms with Gasteiger partial charge >= 0.3 is 12.2 Å². The third-order valence-electron chi connectivity index (χ3n) is 3.16. The van der Waals surface area contributed by atoms with Crippen LogP contribution in [0.15, 0.2) is 0 Å². The van der Waals surface area contributed by atoms with Crippen molar-refractivity contribution in [2.75, 3.05) is 13.2 Å².